The highest BCUT2D eigenvalue weighted by Gasteiger charge is 2.37. The first kappa shape index (κ1) is 16.9. The Morgan fingerprint density at radius 3 is 1.68 bits per heavy atom. The van der Waals surface area contributed by atoms with E-state index in [1.54, 1.807) is 10.6 Å². The van der Waals surface area contributed by atoms with E-state index in [-0.39, 0.29) is 0 Å². The highest BCUT2D eigenvalue weighted by atomic mass is 31.1. The van der Waals surface area contributed by atoms with Gasteiger partial charge < -0.3 is 0 Å². The van der Waals surface area contributed by atoms with Crippen molar-refractivity contribution in [2.75, 3.05) is 0 Å². The lowest BCUT2D eigenvalue weighted by Gasteiger charge is -2.31. The molecule has 2 fully saturated rings. The first-order chi connectivity index (χ1) is 10.4. The van der Waals surface area contributed by atoms with Crippen molar-refractivity contribution in [3.63, 3.8) is 0 Å². The number of hydrogen-bond donors (Lipinski definition) is 0. The first-order valence-corrected chi connectivity index (χ1v) is 11.1. The molecule has 122 valence electrons. The molecule has 0 nitrogen and oxygen atoms in total. The van der Waals surface area contributed by atoms with Crippen molar-refractivity contribution in [1.82, 2.24) is 0 Å². The largest absolute Gasteiger partial charge is 0.0840 e. The molecule has 0 aromatic heterocycles. The van der Waals surface area contributed by atoms with Crippen LogP contribution in [-0.4, -0.2) is 10.3 Å². The van der Waals surface area contributed by atoms with E-state index in [4.69, 9.17) is 0 Å². The Labute approximate surface area is 140 Å². The Hall–Kier alpha value is 0.0800. The molecule has 0 amide bonds. The lowest BCUT2D eigenvalue weighted by Crippen LogP contribution is -2.27. The molecule has 2 aliphatic rings. The van der Waals surface area contributed by atoms with Gasteiger partial charge in [0.1, 0.15) is 0 Å². The molecule has 0 radical (unpaired) electrons. The van der Waals surface area contributed by atoms with E-state index in [0.717, 1.165) is 29.0 Å². The third-order valence-electron chi connectivity index (χ3n) is 6.56. The molecular weight excluding hydrogens is 302 g/mol. The van der Waals surface area contributed by atoms with Gasteiger partial charge in [0, 0.05) is 0 Å². The van der Waals surface area contributed by atoms with E-state index in [1.807, 2.05) is 0 Å². The summed E-state index contributed by atoms with van der Waals surface area (Å²) in [6.07, 6.45) is 8.58. The molecule has 1 aromatic carbocycles. The fourth-order valence-corrected chi connectivity index (χ4v) is 8.05. The van der Waals surface area contributed by atoms with Crippen LogP contribution < -0.4 is 10.6 Å². The van der Waals surface area contributed by atoms with E-state index in [0.29, 0.717) is 10.3 Å². The standard InChI is InChI=1S/C20H32P2/c1-15-8-6-12-19(15,3)21-17-10-5-11-18(14-17)22-20(4)13-7-9-16(20)2/h5,10-11,14-16,21-22H,6-9,12-13H2,1-4H3. The van der Waals surface area contributed by atoms with Crippen molar-refractivity contribution >= 4 is 27.8 Å². The van der Waals surface area contributed by atoms with Crippen molar-refractivity contribution < 1.29 is 0 Å². The summed E-state index contributed by atoms with van der Waals surface area (Å²) in [7, 11) is 1.98. The molecule has 22 heavy (non-hydrogen) atoms. The van der Waals surface area contributed by atoms with Crippen LogP contribution in [0.15, 0.2) is 24.3 Å². The Morgan fingerprint density at radius 1 is 0.864 bits per heavy atom. The van der Waals surface area contributed by atoms with Gasteiger partial charge in [0.2, 0.25) is 0 Å². The van der Waals surface area contributed by atoms with Gasteiger partial charge >= 0.3 is 0 Å². The van der Waals surface area contributed by atoms with Gasteiger partial charge in [-0.05, 0) is 64.5 Å². The molecule has 2 saturated carbocycles. The van der Waals surface area contributed by atoms with Crippen LogP contribution in [0.4, 0.5) is 0 Å². The van der Waals surface area contributed by atoms with E-state index in [2.05, 4.69) is 52.0 Å². The second-order valence-corrected chi connectivity index (χ2v) is 12.2. The van der Waals surface area contributed by atoms with Gasteiger partial charge in [-0.1, -0.05) is 75.9 Å². The molecule has 1 aromatic rings. The van der Waals surface area contributed by atoms with Crippen LogP contribution in [0.2, 0.25) is 0 Å². The van der Waals surface area contributed by atoms with Crippen LogP contribution in [-0.2, 0) is 0 Å². The molecule has 2 aliphatic carbocycles. The molecule has 2 heteroatoms. The Kier molecular flexibility index (Phi) is 5.02. The van der Waals surface area contributed by atoms with Crippen molar-refractivity contribution in [2.45, 2.75) is 76.5 Å². The summed E-state index contributed by atoms with van der Waals surface area (Å²) in [6, 6.07) is 9.62. The number of benzene rings is 1. The average Bonchev–Trinajstić information content (AvgIpc) is 2.94. The van der Waals surface area contributed by atoms with Crippen molar-refractivity contribution in [1.29, 1.82) is 0 Å². The lowest BCUT2D eigenvalue weighted by molar-refractivity contribution is 0.500. The monoisotopic (exact) mass is 334 g/mol. The molecule has 6 unspecified atom stereocenters. The highest BCUT2D eigenvalue weighted by Crippen LogP contribution is 2.50. The van der Waals surface area contributed by atoms with Crippen LogP contribution in [0.5, 0.6) is 0 Å². The summed E-state index contributed by atoms with van der Waals surface area (Å²) in [5.41, 5.74) is 0. The summed E-state index contributed by atoms with van der Waals surface area (Å²) in [5.74, 6) is 1.79. The summed E-state index contributed by atoms with van der Waals surface area (Å²) in [4.78, 5) is 0. The molecule has 0 aliphatic heterocycles. The Bertz CT molecular complexity index is 483. The summed E-state index contributed by atoms with van der Waals surface area (Å²) in [5, 5.41) is 4.34. The normalized spacial score (nSPS) is 39.6. The van der Waals surface area contributed by atoms with Crippen molar-refractivity contribution in [3.8, 4) is 0 Å². The predicted octanol–water partition coefficient (Wildman–Crippen LogP) is 5.45. The fraction of sp³-hybridized carbons (Fsp3) is 0.700. The molecule has 0 bridgehead atoms. The van der Waals surface area contributed by atoms with Crippen molar-refractivity contribution in [2.24, 2.45) is 11.8 Å². The molecule has 0 N–H and O–H groups in total. The smallest absolute Gasteiger partial charge is 0.00843 e. The number of rotatable bonds is 4. The van der Waals surface area contributed by atoms with Gasteiger partial charge in [0.25, 0.3) is 0 Å². The van der Waals surface area contributed by atoms with E-state index in [9.17, 15) is 0 Å². The van der Waals surface area contributed by atoms with Gasteiger partial charge in [0.15, 0.2) is 0 Å². The molecule has 0 saturated heterocycles. The zero-order valence-corrected chi connectivity index (χ0v) is 16.7. The predicted molar refractivity (Wildman–Crippen MR) is 105 cm³/mol. The highest BCUT2D eigenvalue weighted by molar-refractivity contribution is 7.50. The van der Waals surface area contributed by atoms with Crippen LogP contribution >= 0.6 is 17.2 Å². The van der Waals surface area contributed by atoms with Crippen LogP contribution in [0, 0.1) is 11.8 Å². The maximum atomic E-state index is 2.55. The molecule has 3 rings (SSSR count). The topological polar surface area (TPSA) is 0 Å². The van der Waals surface area contributed by atoms with Crippen molar-refractivity contribution in [3.05, 3.63) is 24.3 Å². The summed E-state index contributed by atoms with van der Waals surface area (Å²) < 4.78 is 0. The third kappa shape index (κ3) is 3.44. The molecule has 0 spiro atoms. The van der Waals surface area contributed by atoms with Gasteiger partial charge in [0.05, 0.1) is 0 Å². The number of hydrogen-bond acceptors (Lipinski definition) is 0. The minimum atomic E-state index is 0.562. The second-order valence-electron chi connectivity index (χ2n) is 8.25. The van der Waals surface area contributed by atoms with Crippen LogP contribution in [0.25, 0.3) is 0 Å². The maximum absolute atomic E-state index is 2.55. The summed E-state index contributed by atoms with van der Waals surface area (Å²) in [6.45, 7) is 9.98. The Balaban J connectivity index is 1.73. The van der Waals surface area contributed by atoms with E-state index < -0.39 is 0 Å². The van der Waals surface area contributed by atoms with E-state index in [1.165, 1.54) is 38.5 Å². The molecule has 0 heterocycles. The van der Waals surface area contributed by atoms with Gasteiger partial charge in [-0.2, -0.15) is 0 Å². The maximum Gasteiger partial charge on any atom is -0.00843 e. The second kappa shape index (κ2) is 6.53. The first-order valence-electron chi connectivity index (χ1n) is 9.08. The van der Waals surface area contributed by atoms with Crippen LogP contribution in [0.3, 0.4) is 0 Å². The SMILES string of the molecule is CC1CCCC1(C)Pc1cccc(PC2(C)CCCC2C)c1. The van der Waals surface area contributed by atoms with Crippen LogP contribution in [0.1, 0.15) is 66.2 Å². The zero-order valence-electron chi connectivity index (χ0n) is 14.7. The molecular formula is C20H32P2. The minimum absolute atomic E-state index is 0.562. The van der Waals surface area contributed by atoms with Gasteiger partial charge in [-0.25, -0.2) is 0 Å². The van der Waals surface area contributed by atoms with Gasteiger partial charge in [-0.15, -0.1) is 0 Å². The fourth-order valence-electron chi connectivity index (χ4n) is 4.39. The third-order valence-corrected chi connectivity index (χ3v) is 10.4. The quantitative estimate of drug-likeness (QED) is 0.642. The van der Waals surface area contributed by atoms with Gasteiger partial charge in [-0.3, -0.25) is 0 Å². The lowest BCUT2D eigenvalue weighted by atomic mass is 9.99. The van der Waals surface area contributed by atoms with E-state index >= 15 is 0 Å². The average molecular weight is 334 g/mol. The minimum Gasteiger partial charge on any atom is -0.0840 e. The molecule has 6 atom stereocenters. The summed E-state index contributed by atoms with van der Waals surface area (Å²) >= 11 is 0. The zero-order chi connectivity index (χ0) is 15.8. The Morgan fingerprint density at radius 2 is 1.32 bits per heavy atom.